The topological polar surface area (TPSA) is 55.1 Å². The lowest BCUT2D eigenvalue weighted by Gasteiger charge is -2.14. The average molecular weight is 272 g/mol. The van der Waals surface area contributed by atoms with E-state index in [9.17, 15) is 13.6 Å². The first-order chi connectivity index (χ1) is 8.49. The second-order valence-corrected chi connectivity index (χ2v) is 5.67. The lowest BCUT2D eigenvalue weighted by atomic mass is 10.1. The third kappa shape index (κ3) is 2.43. The molecule has 0 bridgehead atoms. The molecule has 0 atom stereocenters. The molecule has 2 rings (SSSR count). The number of nitrogens with one attached hydrogen (secondary N) is 1. The smallest absolute Gasteiger partial charge is 0.257 e. The van der Waals surface area contributed by atoms with Crippen molar-refractivity contribution in [2.45, 2.75) is 17.6 Å². The van der Waals surface area contributed by atoms with E-state index in [4.69, 9.17) is 5.73 Å². The van der Waals surface area contributed by atoms with Crippen LogP contribution >= 0.6 is 11.8 Å². The maximum atomic E-state index is 13.6. The molecule has 0 radical (unpaired) electrons. The first-order valence-corrected chi connectivity index (χ1v) is 6.78. The van der Waals surface area contributed by atoms with Crippen LogP contribution in [0.15, 0.2) is 12.1 Å². The van der Waals surface area contributed by atoms with Gasteiger partial charge >= 0.3 is 0 Å². The molecule has 98 valence electrons. The number of carbonyl (C=O) groups is 1. The van der Waals surface area contributed by atoms with Gasteiger partial charge in [0.1, 0.15) is 11.4 Å². The summed E-state index contributed by atoms with van der Waals surface area (Å²) in [6, 6.07) is 2.10. The minimum atomic E-state index is -0.999. The Bertz CT molecular complexity index is 489. The van der Waals surface area contributed by atoms with Crippen LogP contribution in [0.2, 0.25) is 0 Å². The molecule has 0 aliphatic heterocycles. The summed E-state index contributed by atoms with van der Waals surface area (Å²) in [5.74, 6) is -2.65. The van der Waals surface area contributed by atoms with Crippen molar-refractivity contribution in [1.29, 1.82) is 0 Å². The summed E-state index contributed by atoms with van der Waals surface area (Å²) < 4.78 is 27.1. The standard InChI is InChI=1S/C12H14F2N2OS/c1-18-12(4-5-12)6-16-11(17)9-7(13)2-3-8(15)10(9)14/h2-3H,4-6,15H2,1H3,(H,16,17). The van der Waals surface area contributed by atoms with Gasteiger partial charge in [0, 0.05) is 11.3 Å². The Morgan fingerprint density at radius 1 is 1.50 bits per heavy atom. The lowest BCUT2D eigenvalue weighted by Crippen LogP contribution is -2.33. The summed E-state index contributed by atoms with van der Waals surface area (Å²) in [6.45, 7) is 0.417. The molecular weight excluding hydrogens is 258 g/mol. The molecule has 1 aliphatic carbocycles. The molecule has 3 N–H and O–H groups in total. The SMILES string of the molecule is CSC1(CNC(=O)c2c(F)ccc(N)c2F)CC1. The minimum Gasteiger partial charge on any atom is -0.396 e. The molecule has 0 heterocycles. The Morgan fingerprint density at radius 2 is 2.17 bits per heavy atom. The highest BCUT2D eigenvalue weighted by Gasteiger charge is 2.42. The number of halogens is 2. The largest absolute Gasteiger partial charge is 0.396 e. The summed E-state index contributed by atoms with van der Waals surface area (Å²) in [4.78, 5) is 11.8. The minimum absolute atomic E-state index is 0.0446. The van der Waals surface area contributed by atoms with E-state index in [1.165, 1.54) is 0 Å². The van der Waals surface area contributed by atoms with Gasteiger partial charge in [0.25, 0.3) is 5.91 Å². The third-order valence-corrected chi connectivity index (χ3v) is 4.58. The summed E-state index contributed by atoms with van der Waals surface area (Å²) in [6.07, 6.45) is 3.98. The number of anilines is 1. The fraction of sp³-hybridized carbons (Fsp3) is 0.417. The van der Waals surface area contributed by atoms with Crippen molar-refractivity contribution in [3.05, 3.63) is 29.3 Å². The number of amides is 1. The second-order valence-electron chi connectivity index (χ2n) is 4.40. The van der Waals surface area contributed by atoms with E-state index >= 15 is 0 Å². The van der Waals surface area contributed by atoms with Crippen LogP contribution < -0.4 is 11.1 Å². The molecule has 0 unspecified atom stereocenters. The van der Waals surface area contributed by atoms with Gasteiger partial charge < -0.3 is 11.1 Å². The molecule has 1 amide bonds. The van der Waals surface area contributed by atoms with Gasteiger partial charge in [0.2, 0.25) is 0 Å². The number of nitrogens with two attached hydrogens (primary N) is 1. The summed E-state index contributed by atoms with van der Waals surface area (Å²) >= 11 is 1.66. The Labute approximate surface area is 108 Å². The van der Waals surface area contributed by atoms with Crippen molar-refractivity contribution in [2.24, 2.45) is 0 Å². The number of rotatable bonds is 4. The van der Waals surface area contributed by atoms with Crippen molar-refractivity contribution in [1.82, 2.24) is 5.32 Å². The van der Waals surface area contributed by atoms with Crippen molar-refractivity contribution in [3.8, 4) is 0 Å². The fourth-order valence-corrected chi connectivity index (χ4v) is 2.43. The van der Waals surface area contributed by atoms with Crippen molar-refractivity contribution >= 4 is 23.4 Å². The van der Waals surface area contributed by atoms with Crippen LogP contribution in [0.4, 0.5) is 14.5 Å². The predicted octanol–water partition coefficient (Wildman–Crippen LogP) is 2.17. The van der Waals surface area contributed by atoms with Crippen LogP contribution in [-0.4, -0.2) is 23.5 Å². The summed E-state index contributed by atoms with van der Waals surface area (Å²) in [5.41, 5.74) is 4.49. The highest BCUT2D eigenvalue weighted by atomic mass is 32.2. The molecule has 0 spiro atoms. The number of nitrogen functional groups attached to an aromatic ring is 1. The molecule has 1 aromatic rings. The van der Waals surface area contributed by atoms with Crippen LogP contribution in [0.5, 0.6) is 0 Å². The van der Waals surface area contributed by atoms with E-state index in [-0.39, 0.29) is 10.4 Å². The van der Waals surface area contributed by atoms with Crippen LogP contribution in [-0.2, 0) is 0 Å². The number of carbonyl (C=O) groups excluding carboxylic acids is 1. The van der Waals surface area contributed by atoms with Crippen LogP contribution in [0.1, 0.15) is 23.2 Å². The first kappa shape index (κ1) is 13.1. The fourth-order valence-electron chi connectivity index (χ4n) is 1.70. The molecule has 1 aliphatic rings. The zero-order valence-electron chi connectivity index (χ0n) is 9.93. The highest BCUT2D eigenvalue weighted by molar-refractivity contribution is 8.00. The number of benzene rings is 1. The van der Waals surface area contributed by atoms with E-state index in [0.29, 0.717) is 6.54 Å². The zero-order valence-corrected chi connectivity index (χ0v) is 10.7. The van der Waals surface area contributed by atoms with Crippen LogP contribution in [0, 0.1) is 11.6 Å². The Kier molecular flexibility index (Phi) is 3.47. The molecule has 1 fully saturated rings. The lowest BCUT2D eigenvalue weighted by molar-refractivity contribution is 0.0944. The van der Waals surface area contributed by atoms with Gasteiger partial charge in [0.15, 0.2) is 5.82 Å². The van der Waals surface area contributed by atoms with E-state index in [0.717, 1.165) is 25.0 Å². The summed E-state index contributed by atoms with van der Waals surface area (Å²) in [5, 5.41) is 2.57. The summed E-state index contributed by atoms with van der Waals surface area (Å²) in [7, 11) is 0. The van der Waals surface area contributed by atoms with Gasteiger partial charge in [0.05, 0.1) is 5.69 Å². The van der Waals surface area contributed by atoms with E-state index in [1.54, 1.807) is 11.8 Å². The molecule has 1 aromatic carbocycles. The Morgan fingerprint density at radius 3 is 2.72 bits per heavy atom. The van der Waals surface area contributed by atoms with Gasteiger partial charge in [-0.15, -0.1) is 0 Å². The predicted molar refractivity (Wildman–Crippen MR) is 68.6 cm³/mol. The molecule has 6 heteroatoms. The van der Waals surface area contributed by atoms with E-state index in [1.807, 2.05) is 6.26 Å². The Balaban J connectivity index is 2.12. The van der Waals surface area contributed by atoms with Gasteiger partial charge in [-0.1, -0.05) is 0 Å². The molecule has 0 saturated heterocycles. The first-order valence-electron chi connectivity index (χ1n) is 5.56. The normalized spacial score (nSPS) is 16.4. The monoisotopic (exact) mass is 272 g/mol. The number of hydrogen-bond acceptors (Lipinski definition) is 3. The van der Waals surface area contributed by atoms with Gasteiger partial charge in [-0.25, -0.2) is 8.78 Å². The van der Waals surface area contributed by atoms with Crippen LogP contribution in [0.3, 0.4) is 0 Å². The molecular formula is C12H14F2N2OS. The van der Waals surface area contributed by atoms with Gasteiger partial charge in [-0.05, 0) is 31.2 Å². The third-order valence-electron chi connectivity index (χ3n) is 3.16. The number of hydrogen-bond donors (Lipinski definition) is 2. The van der Waals surface area contributed by atoms with Gasteiger partial charge in [-0.3, -0.25) is 4.79 Å². The average Bonchev–Trinajstić information content (AvgIpc) is 3.13. The maximum Gasteiger partial charge on any atom is 0.257 e. The van der Waals surface area contributed by atoms with E-state index in [2.05, 4.69) is 5.32 Å². The number of thioether (sulfide) groups is 1. The Hall–Kier alpha value is -1.30. The van der Waals surface area contributed by atoms with E-state index < -0.39 is 23.1 Å². The van der Waals surface area contributed by atoms with Gasteiger partial charge in [-0.2, -0.15) is 11.8 Å². The molecule has 18 heavy (non-hydrogen) atoms. The zero-order chi connectivity index (χ0) is 13.3. The molecule has 0 aromatic heterocycles. The van der Waals surface area contributed by atoms with Crippen molar-refractivity contribution < 1.29 is 13.6 Å². The highest BCUT2D eigenvalue weighted by Crippen LogP contribution is 2.46. The second kappa shape index (κ2) is 4.76. The van der Waals surface area contributed by atoms with Crippen LogP contribution in [0.25, 0.3) is 0 Å². The van der Waals surface area contributed by atoms with Crippen molar-refractivity contribution in [2.75, 3.05) is 18.5 Å². The van der Waals surface area contributed by atoms with Crippen molar-refractivity contribution in [3.63, 3.8) is 0 Å². The quantitative estimate of drug-likeness (QED) is 0.826. The maximum absolute atomic E-state index is 13.6. The molecule has 3 nitrogen and oxygen atoms in total. The molecule has 1 saturated carbocycles.